The molecule has 0 saturated heterocycles. The van der Waals surface area contributed by atoms with E-state index >= 15 is 0 Å². The number of fused-ring (bicyclic) bond motifs is 5. The highest BCUT2D eigenvalue weighted by atomic mass is 16.3. The van der Waals surface area contributed by atoms with E-state index in [0.717, 1.165) is 48.9 Å². The molecular formula is C27H44O2. The van der Waals surface area contributed by atoms with Gasteiger partial charge in [-0.1, -0.05) is 52.2 Å². The molecule has 0 radical (unpaired) electrons. The van der Waals surface area contributed by atoms with E-state index in [-0.39, 0.29) is 0 Å². The Morgan fingerprint density at radius 2 is 1.90 bits per heavy atom. The quantitative estimate of drug-likeness (QED) is 0.512. The van der Waals surface area contributed by atoms with Gasteiger partial charge < -0.3 is 5.11 Å². The van der Waals surface area contributed by atoms with Gasteiger partial charge in [-0.2, -0.15) is 0 Å². The lowest BCUT2D eigenvalue weighted by Crippen LogP contribution is -2.50. The van der Waals surface area contributed by atoms with Crippen LogP contribution >= 0.6 is 0 Å². The summed E-state index contributed by atoms with van der Waals surface area (Å²) in [7, 11) is 0. The SMILES string of the molecule is CC(CO)CCC[C@H](C)[C@H]1CC[C@H]2[C@@H]3CC=C4CC(=O)CC[C@]4(C)[C@H]3CC[C@]12C. The third-order valence-corrected chi connectivity index (χ3v) is 10.4. The average Bonchev–Trinajstić information content (AvgIpc) is 3.05. The van der Waals surface area contributed by atoms with Gasteiger partial charge in [0.05, 0.1) is 0 Å². The van der Waals surface area contributed by atoms with Crippen molar-refractivity contribution in [2.24, 2.45) is 46.3 Å². The summed E-state index contributed by atoms with van der Waals surface area (Å²) in [6.07, 6.45) is 15.8. The van der Waals surface area contributed by atoms with Gasteiger partial charge in [-0.25, -0.2) is 0 Å². The van der Waals surface area contributed by atoms with Crippen molar-refractivity contribution in [1.82, 2.24) is 0 Å². The number of aliphatic hydroxyl groups excluding tert-OH is 1. The van der Waals surface area contributed by atoms with Crippen molar-refractivity contribution < 1.29 is 9.90 Å². The predicted octanol–water partition coefficient (Wildman–Crippen LogP) is 6.57. The highest BCUT2D eigenvalue weighted by Gasteiger charge is 2.59. The predicted molar refractivity (Wildman–Crippen MR) is 119 cm³/mol. The highest BCUT2D eigenvalue weighted by molar-refractivity contribution is 5.82. The lowest BCUT2D eigenvalue weighted by atomic mass is 9.47. The molecule has 3 fully saturated rings. The summed E-state index contributed by atoms with van der Waals surface area (Å²) in [5.74, 6) is 5.16. The van der Waals surface area contributed by atoms with Gasteiger partial charge in [-0.3, -0.25) is 4.79 Å². The van der Waals surface area contributed by atoms with Crippen LogP contribution < -0.4 is 0 Å². The number of carbonyl (C=O) groups is 1. The minimum absolute atomic E-state index is 0.308. The molecule has 29 heavy (non-hydrogen) atoms. The lowest BCUT2D eigenvalue weighted by Gasteiger charge is -2.58. The molecule has 4 aliphatic rings. The summed E-state index contributed by atoms with van der Waals surface area (Å²) < 4.78 is 0. The van der Waals surface area contributed by atoms with Gasteiger partial charge >= 0.3 is 0 Å². The Kier molecular flexibility index (Phi) is 6.06. The van der Waals surface area contributed by atoms with Gasteiger partial charge in [0.15, 0.2) is 0 Å². The number of ketones is 1. The van der Waals surface area contributed by atoms with Crippen molar-refractivity contribution in [3.05, 3.63) is 11.6 Å². The molecule has 0 heterocycles. The zero-order valence-electron chi connectivity index (χ0n) is 19.4. The smallest absolute Gasteiger partial charge is 0.136 e. The van der Waals surface area contributed by atoms with Gasteiger partial charge in [0, 0.05) is 19.4 Å². The van der Waals surface area contributed by atoms with E-state index < -0.39 is 0 Å². The van der Waals surface area contributed by atoms with Crippen molar-refractivity contribution in [1.29, 1.82) is 0 Å². The molecule has 8 atom stereocenters. The fraction of sp³-hybridized carbons (Fsp3) is 0.889. The zero-order chi connectivity index (χ0) is 20.8. The van der Waals surface area contributed by atoms with Gasteiger partial charge in [-0.15, -0.1) is 0 Å². The molecule has 0 aromatic carbocycles. The number of Topliss-reactive ketones (excluding diaryl/α,β-unsaturated/α-hetero) is 1. The molecule has 3 saturated carbocycles. The Hall–Kier alpha value is -0.630. The topological polar surface area (TPSA) is 37.3 Å². The average molecular weight is 401 g/mol. The van der Waals surface area contributed by atoms with Crippen molar-refractivity contribution in [3.63, 3.8) is 0 Å². The summed E-state index contributed by atoms with van der Waals surface area (Å²) in [5.41, 5.74) is 2.33. The monoisotopic (exact) mass is 400 g/mol. The number of hydrogen-bond donors (Lipinski definition) is 1. The number of aliphatic hydroxyl groups is 1. The second-order valence-electron chi connectivity index (χ2n) is 11.9. The van der Waals surface area contributed by atoms with Crippen molar-refractivity contribution in [2.45, 2.75) is 98.3 Å². The Balaban J connectivity index is 1.46. The van der Waals surface area contributed by atoms with E-state index in [1.165, 1.54) is 56.9 Å². The van der Waals surface area contributed by atoms with Gasteiger partial charge in [0.1, 0.15) is 5.78 Å². The van der Waals surface area contributed by atoms with E-state index in [0.29, 0.717) is 29.1 Å². The Labute approximate surface area is 178 Å². The molecule has 164 valence electrons. The Morgan fingerprint density at radius 3 is 2.66 bits per heavy atom. The summed E-state index contributed by atoms with van der Waals surface area (Å²) in [4.78, 5) is 12.1. The van der Waals surface area contributed by atoms with Crippen LogP contribution in [0.15, 0.2) is 11.6 Å². The maximum absolute atomic E-state index is 12.1. The minimum atomic E-state index is 0.308. The largest absolute Gasteiger partial charge is 0.396 e. The van der Waals surface area contributed by atoms with Crippen molar-refractivity contribution >= 4 is 5.78 Å². The fourth-order valence-corrected chi connectivity index (χ4v) is 8.53. The van der Waals surface area contributed by atoms with Crippen LogP contribution in [0.5, 0.6) is 0 Å². The number of hydrogen-bond acceptors (Lipinski definition) is 2. The first-order valence-corrected chi connectivity index (χ1v) is 12.6. The zero-order valence-corrected chi connectivity index (χ0v) is 19.4. The van der Waals surface area contributed by atoms with Gasteiger partial charge in [0.2, 0.25) is 0 Å². The highest BCUT2D eigenvalue weighted by Crippen LogP contribution is 2.67. The molecule has 0 aromatic rings. The maximum atomic E-state index is 12.1. The molecule has 0 aromatic heterocycles. The maximum Gasteiger partial charge on any atom is 0.136 e. The first kappa shape index (κ1) is 21.6. The standard InChI is InChI=1S/C27H44O2/c1-18(17-28)6-5-7-19(2)23-10-11-24-22-9-8-20-16-21(29)12-14-26(20,3)25(22)13-15-27(23,24)4/h8,18-19,22-25,28H,5-7,9-17H2,1-4H3/t18?,19-,22-,23+,24-,25-,26-,27+/m0/s1. The van der Waals surface area contributed by atoms with Crippen LogP contribution in [0.2, 0.25) is 0 Å². The van der Waals surface area contributed by atoms with Gasteiger partial charge in [0.25, 0.3) is 0 Å². The molecule has 0 spiro atoms. The van der Waals surface area contributed by atoms with E-state index in [1.807, 2.05) is 0 Å². The number of rotatable bonds is 6. The molecule has 1 unspecified atom stereocenters. The summed E-state index contributed by atoms with van der Waals surface area (Å²) in [5, 5.41) is 9.31. The molecular weight excluding hydrogens is 356 g/mol. The molecule has 2 nitrogen and oxygen atoms in total. The molecule has 0 aliphatic heterocycles. The lowest BCUT2D eigenvalue weighted by molar-refractivity contribution is -0.122. The van der Waals surface area contributed by atoms with Crippen LogP contribution in [-0.4, -0.2) is 17.5 Å². The Bertz CT molecular complexity index is 651. The summed E-state index contributed by atoms with van der Waals surface area (Å²) in [6.45, 7) is 10.2. The van der Waals surface area contributed by atoms with Crippen LogP contribution in [0, 0.1) is 46.3 Å². The minimum Gasteiger partial charge on any atom is -0.396 e. The van der Waals surface area contributed by atoms with E-state index in [2.05, 4.69) is 33.8 Å². The third kappa shape index (κ3) is 3.66. The van der Waals surface area contributed by atoms with E-state index in [1.54, 1.807) is 0 Å². The first-order chi connectivity index (χ1) is 13.8. The van der Waals surface area contributed by atoms with E-state index in [9.17, 15) is 9.90 Å². The molecule has 0 bridgehead atoms. The van der Waals surface area contributed by atoms with Crippen LogP contribution in [-0.2, 0) is 4.79 Å². The molecule has 4 aliphatic carbocycles. The molecule has 1 N–H and O–H groups in total. The fourth-order valence-electron chi connectivity index (χ4n) is 8.53. The van der Waals surface area contributed by atoms with Crippen molar-refractivity contribution in [3.8, 4) is 0 Å². The van der Waals surface area contributed by atoms with Crippen LogP contribution in [0.25, 0.3) is 0 Å². The normalized spacial score (nSPS) is 43.8. The van der Waals surface area contributed by atoms with Crippen molar-refractivity contribution in [2.75, 3.05) is 6.61 Å². The molecule has 4 rings (SSSR count). The van der Waals surface area contributed by atoms with Crippen LogP contribution in [0.4, 0.5) is 0 Å². The Morgan fingerprint density at radius 1 is 1.10 bits per heavy atom. The molecule has 0 amide bonds. The molecule has 2 heteroatoms. The number of carbonyl (C=O) groups excluding carboxylic acids is 1. The van der Waals surface area contributed by atoms with Crippen LogP contribution in [0.1, 0.15) is 98.3 Å². The van der Waals surface area contributed by atoms with Gasteiger partial charge in [-0.05, 0) is 91.3 Å². The van der Waals surface area contributed by atoms with E-state index in [4.69, 9.17) is 0 Å². The second-order valence-corrected chi connectivity index (χ2v) is 11.9. The number of allylic oxidation sites excluding steroid dienone is 2. The third-order valence-electron chi connectivity index (χ3n) is 10.4. The second kappa shape index (κ2) is 8.13. The van der Waals surface area contributed by atoms with Crippen LogP contribution in [0.3, 0.4) is 0 Å². The summed E-state index contributed by atoms with van der Waals surface area (Å²) >= 11 is 0. The summed E-state index contributed by atoms with van der Waals surface area (Å²) in [6, 6.07) is 0. The first-order valence-electron chi connectivity index (χ1n) is 12.6.